The molecular weight excluding hydrogens is 256 g/mol. The SMILES string of the molecule is CC(C)NC(=O)CN(C)Cc1ccc(C(=O)NN)cc1. The number of carbonyl (C=O) groups excluding carboxylic acids is 2. The first kappa shape index (κ1) is 16.1. The minimum absolute atomic E-state index is 0.00151. The molecular formula is C14H22N4O2. The van der Waals surface area contributed by atoms with Crippen molar-refractivity contribution >= 4 is 11.8 Å². The van der Waals surface area contributed by atoms with Gasteiger partial charge in [-0.25, -0.2) is 5.84 Å². The second-order valence-electron chi connectivity index (χ2n) is 5.06. The van der Waals surface area contributed by atoms with Gasteiger partial charge in [-0.05, 0) is 38.6 Å². The van der Waals surface area contributed by atoms with Crippen molar-refractivity contribution in [3.05, 3.63) is 35.4 Å². The maximum atomic E-state index is 11.6. The minimum Gasteiger partial charge on any atom is -0.353 e. The molecule has 2 amide bonds. The van der Waals surface area contributed by atoms with Crippen molar-refractivity contribution in [2.45, 2.75) is 26.4 Å². The number of likely N-dealkylation sites (N-methyl/N-ethyl adjacent to an activating group) is 1. The summed E-state index contributed by atoms with van der Waals surface area (Å²) >= 11 is 0. The van der Waals surface area contributed by atoms with E-state index in [9.17, 15) is 9.59 Å². The molecule has 0 aliphatic carbocycles. The van der Waals surface area contributed by atoms with Gasteiger partial charge in [0, 0.05) is 18.2 Å². The second-order valence-corrected chi connectivity index (χ2v) is 5.06. The molecule has 0 atom stereocenters. The number of nitrogens with two attached hydrogens (primary N) is 1. The van der Waals surface area contributed by atoms with Gasteiger partial charge in [0.05, 0.1) is 6.54 Å². The van der Waals surface area contributed by atoms with E-state index >= 15 is 0 Å². The van der Waals surface area contributed by atoms with Gasteiger partial charge in [-0.1, -0.05) is 12.1 Å². The number of hydrogen-bond acceptors (Lipinski definition) is 4. The summed E-state index contributed by atoms with van der Waals surface area (Å²) in [6.07, 6.45) is 0. The number of hydrazine groups is 1. The molecule has 4 N–H and O–H groups in total. The van der Waals surface area contributed by atoms with Crippen LogP contribution < -0.4 is 16.6 Å². The van der Waals surface area contributed by atoms with E-state index in [1.807, 2.05) is 37.9 Å². The molecule has 0 aliphatic heterocycles. The summed E-state index contributed by atoms with van der Waals surface area (Å²) in [4.78, 5) is 24.8. The predicted molar refractivity (Wildman–Crippen MR) is 77.7 cm³/mol. The lowest BCUT2D eigenvalue weighted by atomic mass is 10.1. The van der Waals surface area contributed by atoms with Gasteiger partial charge < -0.3 is 5.32 Å². The summed E-state index contributed by atoms with van der Waals surface area (Å²) in [6, 6.07) is 7.26. The van der Waals surface area contributed by atoms with Gasteiger partial charge in [-0.3, -0.25) is 19.9 Å². The predicted octanol–water partition coefficient (Wildman–Crippen LogP) is 0.247. The fourth-order valence-electron chi connectivity index (χ4n) is 1.83. The van der Waals surface area contributed by atoms with Gasteiger partial charge in [0.1, 0.15) is 0 Å². The second kappa shape index (κ2) is 7.62. The smallest absolute Gasteiger partial charge is 0.265 e. The normalized spacial score (nSPS) is 10.7. The zero-order chi connectivity index (χ0) is 15.1. The monoisotopic (exact) mass is 278 g/mol. The standard InChI is InChI=1S/C14H22N4O2/c1-10(2)16-13(19)9-18(3)8-11-4-6-12(7-5-11)14(20)17-15/h4-7,10H,8-9,15H2,1-3H3,(H,16,19)(H,17,20). The third kappa shape index (κ3) is 5.38. The molecule has 0 radical (unpaired) electrons. The van der Waals surface area contributed by atoms with Crippen LogP contribution in [0.15, 0.2) is 24.3 Å². The third-order valence-electron chi connectivity index (χ3n) is 2.66. The quantitative estimate of drug-likeness (QED) is 0.395. The molecule has 6 nitrogen and oxygen atoms in total. The highest BCUT2D eigenvalue weighted by atomic mass is 16.2. The summed E-state index contributed by atoms with van der Waals surface area (Å²) in [5.41, 5.74) is 3.62. The molecule has 1 rings (SSSR count). The van der Waals surface area contributed by atoms with Crippen molar-refractivity contribution in [3.8, 4) is 0 Å². The van der Waals surface area contributed by atoms with Crippen LogP contribution in [-0.4, -0.2) is 36.3 Å². The lowest BCUT2D eigenvalue weighted by Crippen LogP contribution is -2.38. The highest BCUT2D eigenvalue weighted by Gasteiger charge is 2.09. The van der Waals surface area contributed by atoms with Crippen molar-refractivity contribution in [1.82, 2.24) is 15.6 Å². The van der Waals surface area contributed by atoms with Crippen LogP contribution in [0.25, 0.3) is 0 Å². The number of benzene rings is 1. The Hall–Kier alpha value is -1.92. The van der Waals surface area contributed by atoms with E-state index in [0.717, 1.165) is 5.56 Å². The molecule has 20 heavy (non-hydrogen) atoms. The van der Waals surface area contributed by atoms with E-state index in [1.165, 1.54) is 0 Å². The zero-order valence-corrected chi connectivity index (χ0v) is 12.1. The molecule has 0 saturated heterocycles. The molecule has 1 aromatic carbocycles. The highest BCUT2D eigenvalue weighted by Crippen LogP contribution is 2.06. The Bertz CT molecular complexity index is 457. The van der Waals surface area contributed by atoms with E-state index in [-0.39, 0.29) is 17.9 Å². The molecule has 0 saturated carbocycles. The summed E-state index contributed by atoms with van der Waals surface area (Å²) in [6.45, 7) is 4.83. The lowest BCUT2D eigenvalue weighted by molar-refractivity contribution is -0.122. The maximum absolute atomic E-state index is 11.6. The van der Waals surface area contributed by atoms with Crippen LogP contribution in [0.3, 0.4) is 0 Å². The van der Waals surface area contributed by atoms with Gasteiger partial charge in [0.25, 0.3) is 5.91 Å². The molecule has 1 aromatic rings. The molecule has 6 heteroatoms. The molecule has 0 spiro atoms. The van der Waals surface area contributed by atoms with Crippen molar-refractivity contribution in [2.75, 3.05) is 13.6 Å². The van der Waals surface area contributed by atoms with E-state index < -0.39 is 0 Å². The number of nitrogens with zero attached hydrogens (tertiary/aromatic N) is 1. The van der Waals surface area contributed by atoms with E-state index in [4.69, 9.17) is 5.84 Å². The van der Waals surface area contributed by atoms with Gasteiger partial charge in [-0.15, -0.1) is 0 Å². The molecule has 0 unspecified atom stereocenters. The Kier molecular flexibility index (Phi) is 6.14. The van der Waals surface area contributed by atoms with Crippen molar-refractivity contribution in [2.24, 2.45) is 5.84 Å². The fraction of sp³-hybridized carbons (Fsp3) is 0.429. The molecule has 0 aliphatic rings. The average Bonchev–Trinajstić information content (AvgIpc) is 2.37. The number of hydrogen-bond donors (Lipinski definition) is 3. The van der Waals surface area contributed by atoms with Gasteiger partial charge in [0.15, 0.2) is 0 Å². The Morgan fingerprint density at radius 1 is 1.25 bits per heavy atom. The third-order valence-corrected chi connectivity index (χ3v) is 2.66. The Labute approximate surface area is 119 Å². The van der Waals surface area contributed by atoms with Crippen molar-refractivity contribution < 1.29 is 9.59 Å². The van der Waals surface area contributed by atoms with E-state index in [0.29, 0.717) is 18.7 Å². The average molecular weight is 278 g/mol. The van der Waals surface area contributed by atoms with Gasteiger partial charge in [0.2, 0.25) is 5.91 Å². The first-order valence-corrected chi connectivity index (χ1v) is 6.50. The largest absolute Gasteiger partial charge is 0.353 e. The van der Waals surface area contributed by atoms with Crippen LogP contribution in [-0.2, 0) is 11.3 Å². The summed E-state index contributed by atoms with van der Waals surface area (Å²) in [7, 11) is 1.88. The maximum Gasteiger partial charge on any atom is 0.265 e. The molecule has 0 fully saturated rings. The summed E-state index contributed by atoms with van der Waals surface area (Å²) in [5.74, 6) is 4.75. The summed E-state index contributed by atoms with van der Waals surface area (Å²) < 4.78 is 0. The first-order valence-electron chi connectivity index (χ1n) is 6.50. The van der Waals surface area contributed by atoms with Crippen LogP contribution in [0.1, 0.15) is 29.8 Å². The van der Waals surface area contributed by atoms with Gasteiger partial charge >= 0.3 is 0 Å². The van der Waals surface area contributed by atoms with Crippen LogP contribution in [0, 0.1) is 0 Å². The van der Waals surface area contributed by atoms with Crippen molar-refractivity contribution in [1.29, 1.82) is 0 Å². The first-order chi connectivity index (χ1) is 9.42. The van der Waals surface area contributed by atoms with Gasteiger partial charge in [-0.2, -0.15) is 0 Å². The number of carbonyl (C=O) groups is 2. The number of nitrogen functional groups attached to an aromatic ring is 1. The van der Waals surface area contributed by atoms with Crippen LogP contribution in [0.2, 0.25) is 0 Å². The summed E-state index contributed by atoms with van der Waals surface area (Å²) in [5, 5.41) is 2.84. The van der Waals surface area contributed by atoms with E-state index in [2.05, 4.69) is 10.7 Å². The molecule has 0 aromatic heterocycles. The Morgan fingerprint density at radius 3 is 2.35 bits per heavy atom. The van der Waals surface area contributed by atoms with Crippen LogP contribution in [0.5, 0.6) is 0 Å². The Morgan fingerprint density at radius 2 is 1.85 bits per heavy atom. The molecule has 0 heterocycles. The number of nitrogens with one attached hydrogen (secondary N) is 2. The zero-order valence-electron chi connectivity index (χ0n) is 12.1. The highest BCUT2D eigenvalue weighted by molar-refractivity contribution is 5.93. The molecule has 0 bridgehead atoms. The topological polar surface area (TPSA) is 87.5 Å². The van der Waals surface area contributed by atoms with Crippen LogP contribution in [0.4, 0.5) is 0 Å². The Balaban J connectivity index is 2.52. The molecule has 110 valence electrons. The number of rotatable bonds is 6. The fourth-order valence-corrected chi connectivity index (χ4v) is 1.83. The lowest BCUT2D eigenvalue weighted by Gasteiger charge is -2.17. The van der Waals surface area contributed by atoms with Crippen molar-refractivity contribution in [3.63, 3.8) is 0 Å². The van der Waals surface area contributed by atoms with E-state index in [1.54, 1.807) is 12.1 Å². The number of amides is 2. The minimum atomic E-state index is -0.318. The van der Waals surface area contributed by atoms with Crippen LogP contribution >= 0.6 is 0 Å².